The molecule has 1 aliphatic heterocycles. The molecule has 5 rings (SSSR count). The van der Waals surface area contributed by atoms with E-state index in [1.807, 2.05) is 47.6 Å². The van der Waals surface area contributed by atoms with E-state index >= 15 is 0 Å². The first kappa shape index (κ1) is 19.5. The number of likely N-dealkylation sites (tertiary alicyclic amines) is 1. The number of rotatable bonds is 6. The number of hydrogen-bond acceptors (Lipinski definition) is 7. The van der Waals surface area contributed by atoms with Crippen molar-refractivity contribution in [2.75, 3.05) is 25.5 Å². The molecule has 0 spiro atoms. The first-order valence-electron chi connectivity index (χ1n) is 10.5. The largest absolute Gasteiger partial charge is 0.488 e. The van der Waals surface area contributed by atoms with Gasteiger partial charge in [0.1, 0.15) is 23.9 Å². The fourth-order valence-electron chi connectivity index (χ4n) is 4.09. The van der Waals surface area contributed by atoms with Crippen LogP contribution in [0, 0.1) is 6.92 Å². The van der Waals surface area contributed by atoms with Gasteiger partial charge in [-0.15, -0.1) is 0 Å². The van der Waals surface area contributed by atoms with Crippen LogP contribution in [0.15, 0.2) is 42.9 Å². The third-order valence-corrected chi connectivity index (χ3v) is 5.78. The summed E-state index contributed by atoms with van der Waals surface area (Å²) in [5, 5.41) is 12.3. The Morgan fingerprint density at radius 3 is 2.90 bits per heavy atom. The molecule has 4 aromatic heterocycles. The van der Waals surface area contributed by atoms with Crippen LogP contribution in [0.5, 0.6) is 5.75 Å². The highest BCUT2D eigenvalue weighted by Crippen LogP contribution is 2.31. The van der Waals surface area contributed by atoms with Gasteiger partial charge < -0.3 is 15.0 Å². The van der Waals surface area contributed by atoms with E-state index < -0.39 is 0 Å². The Morgan fingerprint density at radius 1 is 1.19 bits per heavy atom. The smallest absolute Gasteiger partial charge is 0.165 e. The van der Waals surface area contributed by atoms with Gasteiger partial charge in [0.05, 0.1) is 11.7 Å². The van der Waals surface area contributed by atoms with Crippen molar-refractivity contribution in [1.29, 1.82) is 0 Å². The van der Waals surface area contributed by atoms with Crippen molar-refractivity contribution in [3.05, 3.63) is 48.7 Å². The fraction of sp³-hybridized carbons (Fsp3) is 0.364. The maximum absolute atomic E-state index is 6.20. The van der Waals surface area contributed by atoms with E-state index in [2.05, 4.69) is 43.5 Å². The predicted molar refractivity (Wildman–Crippen MR) is 119 cm³/mol. The minimum Gasteiger partial charge on any atom is -0.488 e. The van der Waals surface area contributed by atoms with Crippen molar-refractivity contribution in [2.45, 2.75) is 25.8 Å². The lowest BCUT2D eigenvalue weighted by Gasteiger charge is -2.19. The maximum Gasteiger partial charge on any atom is 0.165 e. The lowest BCUT2D eigenvalue weighted by molar-refractivity contribution is 0.199. The normalized spacial score (nSPS) is 16.8. The second-order valence-electron chi connectivity index (χ2n) is 8.00. The van der Waals surface area contributed by atoms with E-state index in [0.717, 1.165) is 40.7 Å². The van der Waals surface area contributed by atoms with Crippen molar-refractivity contribution < 1.29 is 4.74 Å². The Hall–Kier alpha value is -3.46. The molecule has 31 heavy (non-hydrogen) atoms. The molecule has 160 valence electrons. The van der Waals surface area contributed by atoms with E-state index in [4.69, 9.17) is 4.74 Å². The van der Waals surface area contributed by atoms with Crippen molar-refractivity contribution in [1.82, 2.24) is 34.3 Å². The number of fused-ring (bicyclic) bond motifs is 1. The SMILES string of the molecule is Cc1nccc(Nc2cc3cc(-c4c(OC[C@H]5CCCN5C)cnn4C)ccn3n2)n1. The van der Waals surface area contributed by atoms with Gasteiger partial charge in [-0.3, -0.25) is 4.68 Å². The number of nitrogens with one attached hydrogen (secondary N) is 1. The molecule has 1 N–H and O–H groups in total. The minimum absolute atomic E-state index is 0.462. The monoisotopic (exact) mass is 418 g/mol. The zero-order valence-corrected chi connectivity index (χ0v) is 18.0. The van der Waals surface area contributed by atoms with E-state index in [9.17, 15) is 0 Å². The topological polar surface area (TPSA) is 85.4 Å². The summed E-state index contributed by atoms with van der Waals surface area (Å²) in [5.41, 5.74) is 2.96. The number of hydrogen-bond donors (Lipinski definition) is 1. The molecule has 0 aliphatic carbocycles. The highest BCUT2D eigenvalue weighted by atomic mass is 16.5. The molecule has 9 nitrogen and oxygen atoms in total. The van der Waals surface area contributed by atoms with E-state index in [1.165, 1.54) is 12.8 Å². The van der Waals surface area contributed by atoms with Crippen LogP contribution in [0.1, 0.15) is 18.7 Å². The summed E-state index contributed by atoms with van der Waals surface area (Å²) in [6.45, 7) is 3.67. The summed E-state index contributed by atoms with van der Waals surface area (Å²) in [4.78, 5) is 10.9. The second kappa shape index (κ2) is 7.99. The van der Waals surface area contributed by atoms with Crippen LogP contribution in [0.4, 0.5) is 11.6 Å². The first-order valence-corrected chi connectivity index (χ1v) is 10.5. The molecule has 4 aromatic rings. The van der Waals surface area contributed by atoms with Crippen LogP contribution in [0.3, 0.4) is 0 Å². The summed E-state index contributed by atoms with van der Waals surface area (Å²) in [5.74, 6) is 2.96. The van der Waals surface area contributed by atoms with Gasteiger partial charge in [0.25, 0.3) is 0 Å². The minimum atomic E-state index is 0.462. The van der Waals surface area contributed by atoms with Gasteiger partial charge in [-0.05, 0) is 51.6 Å². The fourth-order valence-corrected chi connectivity index (χ4v) is 4.09. The molecular formula is C22H26N8O. The molecule has 0 bridgehead atoms. The van der Waals surface area contributed by atoms with Crippen molar-refractivity contribution in [2.24, 2.45) is 7.05 Å². The van der Waals surface area contributed by atoms with Crippen molar-refractivity contribution in [3.63, 3.8) is 0 Å². The zero-order chi connectivity index (χ0) is 21.4. The molecular weight excluding hydrogens is 392 g/mol. The number of aromatic nitrogens is 6. The van der Waals surface area contributed by atoms with Crippen LogP contribution in [0.25, 0.3) is 16.8 Å². The molecule has 5 heterocycles. The number of likely N-dealkylation sites (N-methyl/N-ethyl adjacent to an activating group) is 1. The van der Waals surface area contributed by atoms with Gasteiger partial charge in [0.15, 0.2) is 11.6 Å². The lowest BCUT2D eigenvalue weighted by atomic mass is 10.1. The van der Waals surface area contributed by atoms with Crippen LogP contribution in [-0.4, -0.2) is 60.5 Å². The predicted octanol–water partition coefficient (Wildman–Crippen LogP) is 3.05. The van der Waals surface area contributed by atoms with Crippen LogP contribution < -0.4 is 10.1 Å². The Balaban J connectivity index is 1.39. The van der Waals surface area contributed by atoms with Gasteiger partial charge in [-0.2, -0.15) is 10.2 Å². The third-order valence-electron chi connectivity index (χ3n) is 5.78. The standard InChI is InChI=1S/C22H26N8O/c1-15-23-8-6-20(25-15)26-21-12-18-11-16(7-10-30(18)27-21)22-19(13-24-29(22)3)31-14-17-5-4-9-28(17)2/h6-8,10-13,17H,4-5,9,14H2,1-3H3,(H,23,25,26,27)/t17-/m1/s1. The van der Waals surface area contributed by atoms with Gasteiger partial charge in [-0.25, -0.2) is 14.5 Å². The average Bonchev–Trinajstić information content (AvgIpc) is 3.44. The number of ether oxygens (including phenoxy) is 1. The quantitative estimate of drug-likeness (QED) is 0.515. The number of aryl methyl sites for hydroxylation is 2. The van der Waals surface area contributed by atoms with Gasteiger partial charge in [0.2, 0.25) is 0 Å². The molecule has 0 saturated carbocycles. The van der Waals surface area contributed by atoms with E-state index in [1.54, 1.807) is 12.4 Å². The third kappa shape index (κ3) is 3.96. The second-order valence-corrected chi connectivity index (χ2v) is 8.00. The lowest BCUT2D eigenvalue weighted by Crippen LogP contribution is -2.30. The molecule has 0 amide bonds. The molecule has 1 fully saturated rings. The molecule has 1 saturated heterocycles. The van der Waals surface area contributed by atoms with Crippen LogP contribution in [-0.2, 0) is 7.05 Å². The molecule has 0 unspecified atom stereocenters. The molecule has 0 aromatic carbocycles. The summed E-state index contributed by atoms with van der Waals surface area (Å²) >= 11 is 0. The van der Waals surface area contributed by atoms with Crippen LogP contribution in [0.2, 0.25) is 0 Å². The Morgan fingerprint density at radius 2 is 2.10 bits per heavy atom. The summed E-state index contributed by atoms with van der Waals surface area (Å²) in [6, 6.07) is 8.40. The molecule has 0 radical (unpaired) electrons. The number of pyridine rings is 1. The summed E-state index contributed by atoms with van der Waals surface area (Å²) in [6.07, 6.45) is 7.88. The zero-order valence-electron chi connectivity index (χ0n) is 18.0. The molecule has 1 atom stereocenters. The van der Waals surface area contributed by atoms with Crippen molar-refractivity contribution in [3.8, 4) is 17.0 Å². The highest BCUT2D eigenvalue weighted by molar-refractivity contribution is 5.72. The Kier molecular flexibility index (Phi) is 5.03. The number of anilines is 2. The van der Waals surface area contributed by atoms with Crippen LogP contribution >= 0.6 is 0 Å². The van der Waals surface area contributed by atoms with E-state index in [0.29, 0.717) is 18.5 Å². The number of nitrogens with zero attached hydrogens (tertiary/aromatic N) is 7. The first-order chi connectivity index (χ1) is 15.1. The Bertz CT molecular complexity index is 1210. The maximum atomic E-state index is 6.20. The highest BCUT2D eigenvalue weighted by Gasteiger charge is 2.22. The molecule has 9 heteroatoms. The van der Waals surface area contributed by atoms with Gasteiger partial charge in [-0.1, -0.05) is 0 Å². The summed E-state index contributed by atoms with van der Waals surface area (Å²) in [7, 11) is 4.10. The van der Waals surface area contributed by atoms with Gasteiger partial charge in [0, 0.05) is 37.1 Å². The Labute approximate surface area is 180 Å². The van der Waals surface area contributed by atoms with Crippen molar-refractivity contribution >= 4 is 17.2 Å². The summed E-state index contributed by atoms with van der Waals surface area (Å²) < 4.78 is 9.90. The molecule has 1 aliphatic rings. The van der Waals surface area contributed by atoms with E-state index in [-0.39, 0.29) is 0 Å². The van der Waals surface area contributed by atoms with Gasteiger partial charge >= 0.3 is 0 Å². The average molecular weight is 419 g/mol.